The van der Waals surface area contributed by atoms with Gasteiger partial charge in [-0.15, -0.1) is 0 Å². The Morgan fingerprint density at radius 3 is 2.74 bits per heavy atom. The number of nitrogens with zero attached hydrogens (tertiary/aromatic N) is 4. The summed E-state index contributed by atoms with van der Waals surface area (Å²) in [5, 5.41) is 2.19. The van der Waals surface area contributed by atoms with Gasteiger partial charge in [0, 0.05) is 48.6 Å². The number of fused-ring (bicyclic) bond motifs is 3. The van der Waals surface area contributed by atoms with E-state index in [1.54, 1.807) is 0 Å². The molecule has 0 amide bonds. The first-order valence-electron chi connectivity index (χ1n) is 9.25. The number of benzene rings is 1. The van der Waals surface area contributed by atoms with E-state index in [2.05, 4.69) is 76.9 Å². The Bertz CT molecular complexity index is 1120. The van der Waals surface area contributed by atoms with Crippen LogP contribution < -0.4 is 10.6 Å². The van der Waals surface area contributed by atoms with Crippen molar-refractivity contribution in [3.63, 3.8) is 0 Å². The minimum atomic E-state index is 0.300. The Kier molecular flexibility index (Phi) is 4.44. The number of hydrogen-bond donors (Lipinski definition) is 1. The lowest BCUT2D eigenvalue weighted by atomic mass is 9.95. The van der Waals surface area contributed by atoms with Gasteiger partial charge in [0.1, 0.15) is 5.82 Å². The van der Waals surface area contributed by atoms with Crippen LogP contribution >= 0.6 is 12.2 Å². The quantitative estimate of drug-likeness (QED) is 0.688. The first-order valence-corrected chi connectivity index (χ1v) is 9.66. The van der Waals surface area contributed by atoms with E-state index in [9.17, 15) is 0 Å². The predicted molar refractivity (Wildman–Crippen MR) is 118 cm³/mol. The van der Waals surface area contributed by atoms with Crippen molar-refractivity contribution in [2.75, 3.05) is 23.7 Å². The second-order valence-electron chi connectivity index (χ2n) is 6.76. The van der Waals surface area contributed by atoms with Gasteiger partial charge in [-0.25, -0.2) is 4.98 Å². The zero-order chi connectivity index (χ0) is 19.1. The Labute approximate surface area is 164 Å². The topological polar surface area (TPSA) is 60.0 Å². The van der Waals surface area contributed by atoms with Crippen molar-refractivity contribution in [2.24, 2.45) is 7.05 Å². The van der Waals surface area contributed by atoms with Gasteiger partial charge < -0.3 is 15.2 Å². The minimum Gasteiger partial charge on any atom is -0.368 e. The molecule has 1 aromatic carbocycles. The van der Waals surface area contributed by atoms with Crippen molar-refractivity contribution in [1.29, 1.82) is 0 Å². The average molecular weight is 378 g/mol. The lowest BCUT2D eigenvalue weighted by molar-refractivity contribution is 0.851. The average Bonchev–Trinajstić information content (AvgIpc) is 3.03. The molecule has 2 N–H and O–H groups in total. The third-order valence-electron chi connectivity index (χ3n) is 5.12. The Balaban J connectivity index is 2.12. The number of aryl methyl sites for hydroxylation is 1. The van der Waals surface area contributed by atoms with Crippen LogP contribution in [-0.4, -0.2) is 32.5 Å². The molecule has 1 aliphatic rings. The lowest BCUT2D eigenvalue weighted by Gasteiger charge is -2.22. The third-order valence-corrected chi connectivity index (χ3v) is 5.40. The summed E-state index contributed by atoms with van der Waals surface area (Å²) in [5.74, 6) is 1.20. The fourth-order valence-electron chi connectivity index (χ4n) is 3.84. The van der Waals surface area contributed by atoms with Crippen LogP contribution in [0, 0.1) is 0 Å². The third kappa shape index (κ3) is 2.90. The normalized spacial score (nSPS) is 14.2. The number of nitrogens with two attached hydrogens (primary N) is 1. The van der Waals surface area contributed by atoms with Gasteiger partial charge in [-0.3, -0.25) is 0 Å². The van der Waals surface area contributed by atoms with Gasteiger partial charge >= 0.3 is 0 Å². The standard InChI is InChI=1S/C21H23N5S/c1-4-26(5-2)20-18-15-9-10-25(3)19(15)16(12-17(18)23-21(22)24-20)13-7-6-8-14(27)11-13/h6-7,9-12H,4-5,8H2,1-3H3,(H2,22,23,24). The summed E-state index contributed by atoms with van der Waals surface area (Å²) < 4.78 is 2.15. The summed E-state index contributed by atoms with van der Waals surface area (Å²) in [4.78, 5) is 12.3. The number of aromatic nitrogens is 3. The van der Waals surface area contributed by atoms with E-state index >= 15 is 0 Å². The highest BCUT2D eigenvalue weighted by Crippen LogP contribution is 2.37. The van der Waals surface area contributed by atoms with Crippen molar-refractivity contribution >= 4 is 56.2 Å². The number of hydrogen-bond acceptors (Lipinski definition) is 5. The molecule has 0 fully saturated rings. The molecule has 5 nitrogen and oxygen atoms in total. The second kappa shape index (κ2) is 6.78. The number of allylic oxidation sites excluding steroid dienone is 4. The highest BCUT2D eigenvalue weighted by molar-refractivity contribution is 7.80. The van der Waals surface area contributed by atoms with Crippen molar-refractivity contribution in [3.8, 4) is 0 Å². The van der Waals surface area contributed by atoms with E-state index in [0.29, 0.717) is 5.95 Å². The van der Waals surface area contributed by atoms with Crippen LogP contribution in [-0.2, 0) is 7.05 Å². The fourth-order valence-corrected chi connectivity index (χ4v) is 4.06. The maximum absolute atomic E-state index is 6.07. The van der Waals surface area contributed by atoms with Crippen molar-refractivity contribution in [3.05, 3.63) is 42.1 Å². The molecule has 4 rings (SSSR count). The molecule has 6 heteroatoms. The molecule has 1 aliphatic carbocycles. The maximum Gasteiger partial charge on any atom is 0.222 e. The molecule has 0 bridgehead atoms. The second-order valence-corrected chi connectivity index (χ2v) is 7.28. The molecular formula is C21H23N5S. The zero-order valence-electron chi connectivity index (χ0n) is 15.9. The molecule has 0 saturated carbocycles. The summed E-state index contributed by atoms with van der Waals surface area (Å²) in [5.41, 5.74) is 10.3. The number of nitrogen functional groups attached to an aromatic ring is 1. The van der Waals surface area contributed by atoms with E-state index < -0.39 is 0 Å². The first-order chi connectivity index (χ1) is 13.0. The van der Waals surface area contributed by atoms with Crippen molar-refractivity contribution in [1.82, 2.24) is 14.5 Å². The zero-order valence-corrected chi connectivity index (χ0v) is 16.7. The molecule has 138 valence electrons. The minimum absolute atomic E-state index is 0.300. The molecule has 0 spiro atoms. The van der Waals surface area contributed by atoms with E-state index in [-0.39, 0.29) is 0 Å². The van der Waals surface area contributed by atoms with Gasteiger partial charge in [-0.05, 0) is 37.6 Å². The molecule has 0 unspecified atom stereocenters. The molecule has 2 aromatic heterocycles. The predicted octanol–water partition coefficient (Wildman–Crippen LogP) is 4.26. The molecule has 3 aromatic rings. The summed E-state index contributed by atoms with van der Waals surface area (Å²) in [6.07, 6.45) is 9.25. The summed E-state index contributed by atoms with van der Waals surface area (Å²) in [6.45, 7) is 5.98. The highest BCUT2D eigenvalue weighted by Gasteiger charge is 2.19. The van der Waals surface area contributed by atoms with Crippen LogP contribution in [0.15, 0.2) is 36.6 Å². The number of thiocarbonyl (C=S) groups is 1. The first kappa shape index (κ1) is 17.7. The molecule has 2 heterocycles. The van der Waals surface area contributed by atoms with E-state index in [0.717, 1.165) is 63.1 Å². The molecule has 27 heavy (non-hydrogen) atoms. The van der Waals surface area contributed by atoms with Crippen LogP contribution in [0.3, 0.4) is 0 Å². The Hall–Kier alpha value is -2.73. The van der Waals surface area contributed by atoms with Gasteiger partial charge in [-0.2, -0.15) is 4.98 Å². The maximum atomic E-state index is 6.07. The smallest absolute Gasteiger partial charge is 0.222 e. The molecule has 0 saturated heterocycles. The Morgan fingerprint density at radius 1 is 1.26 bits per heavy atom. The lowest BCUT2D eigenvalue weighted by Crippen LogP contribution is -2.24. The SMILES string of the molecule is CCN(CC)c1nc(N)nc2cc(C3=CC(=S)CC=C3)c3c(ccn3C)c12. The number of rotatable bonds is 4. The summed E-state index contributed by atoms with van der Waals surface area (Å²) >= 11 is 5.43. The molecule has 0 radical (unpaired) electrons. The van der Waals surface area contributed by atoms with Gasteiger partial charge in [0.25, 0.3) is 0 Å². The van der Waals surface area contributed by atoms with Crippen LogP contribution in [0.2, 0.25) is 0 Å². The summed E-state index contributed by atoms with van der Waals surface area (Å²) in [7, 11) is 2.07. The summed E-state index contributed by atoms with van der Waals surface area (Å²) in [6, 6.07) is 4.26. The van der Waals surface area contributed by atoms with Crippen LogP contribution in [0.5, 0.6) is 0 Å². The van der Waals surface area contributed by atoms with Crippen molar-refractivity contribution in [2.45, 2.75) is 20.3 Å². The van der Waals surface area contributed by atoms with Gasteiger partial charge in [0.05, 0.1) is 16.4 Å². The van der Waals surface area contributed by atoms with E-state index in [1.807, 2.05) is 0 Å². The van der Waals surface area contributed by atoms with Crippen LogP contribution in [0.4, 0.5) is 11.8 Å². The molecular weight excluding hydrogens is 354 g/mol. The van der Waals surface area contributed by atoms with Crippen LogP contribution in [0.1, 0.15) is 25.8 Å². The fraction of sp³-hybridized carbons (Fsp3) is 0.286. The molecule has 0 atom stereocenters. The van der Waals surface area contributed by atoms with E-state index in [1.165, 1.54) is 0 Å². The van der Waals surface area contributed by atoms with Gasteiger partial charge in [0.15, 0.2) is 0 Å². The van der Waals surface area contributed by atoms with Gasteiger partial charge in [0.2, 0.25) is 5.95 Å². The van der Waals surface area contributed by atoms with Gasteiger partial charge in [-0.1, -0.05) is 24.4 Å². The number of anilines is 2. The largest absolute Gasteiger partial charge is 0.368 e. The molecule has 0 aliphatic heterocycles. The van der Waals surface area contributed by atoms with Crippen LogP contribution in [0.25, 0.3) is 27.4 Å². The van der Waals surface area contributed by atoms with Crippen molar-refractivity contribution < 1.29 is 0 Å². The highest BCUT2D eigenvalue weighted by atomic mass is 32.1. The van der Waals surface area contributed by atoms with E-state index in [4.69, 9.17) is 18.0 Å². The Morgan fingerprint density at radius 2 is 2.04 bits per heavy atom. The monoisotopic (exact) mass is 377 g/mol.